The van der Waals surface area contributed by atoms with Crippen LogP contribution in [0.4, 0.5) is 0 Å². The van der Waals surface area contributed by atoms with Gasteiger partial charge in [-0.1, -0.05) is 39.3 Å². The molecule has 0 spiro atoms. The Morgan fingerprint density at radius 2 is 2.16 bits per heavy atom. The first-order valence-corrected chi connectivity index (χ1v) is 7.72. The van der Waals surface area contributed by atoms with Crippen molar-refractivity contribution in [1.82, 2.24) is 5.32 Å². The van der Waals surface area contributed by atoms with Gasteiger partial charge in [0.25, 0.3) is 0 Å². The Morgan fingerprint density at radius 1 is 1.32 bits per heavy atom. The minimum absolute atomic E-state index is 0.638. The first kappa shape index (κ1) is 14.4. The van der Waals surface area contributed by atoms with Gasteiger partial charge in [-0.05, 0) is 42.5 Å². The molecule has 2 heteroatoms. The maximum absolute atomic E-state index is 5.56. The summed E-state index contributed by atoms with van der Waals surface area (Å²) in [6.45, 7) is 8.74. The summed E-state index contributed by atoms with van der Waals surface area (Å²) in [5.74, 6) is 1.84. The largest absolute Gasteiger partial charge is 0.493 e. The van der Waals surface area contributed by atoms with E-state index in [1.54, 1.807) is 0 Å². The monoisotopic (exact) mass is 261 g/mol. The molecule has 0 radical (unpaired) electrons. The molecule has 19 heavy (non-hydrogen) atoms. The van der Waals surface area contributed by atoms with E-state index in [1.807, 2.05) is 0 Å². The Bertz CT molecular complexity index is 402. The smallest absolute Gasteiger partial charge is 0.122 e. The highest BCUT2D eigenvalue weighted by atomic mass is 16.5. The quantitative estimate of drug-likeness (QED) is 0.810. The van der Waals surface area contributed by atoms with E-state index in [9.17, 15) is 0 Å². The van der Waals surface area contributed by atoms with Gasteiger partial charge in [0, 0.05) is 12.5 Å². The van der Waals surface area contributed by atoms with Crippen LogP contribution in [0.3, 0.4) is 0 Å². The van der Waals surface area contributed by atoms with E-state index < -0.39 is 0 Å². The van der Waals surface area contributed by atoms with E-state index in [4.69, 9.17) is 4.74 Å². The van der Waals surface area contributed by atoms with E-state index in [-0.39, 0.29) is 0 Å². The summed E-state index contributed by atoms with van der Waals surface area (Å²) in [6.07, 6.45) is 4.71. The molecule has 2 nitrogen and oxygen atoms in total. The van der Waals surface area contributed by atoms with Crippen molar-refractivity contribution in [3.8, 4) is 5.75 Å². The minimum Gasteiger partial charge on any atom is -0.493 e. The lowest BCUT2D eigenvalue weighted by Crippen LogP contribution is -2.35. The van der Waals surface area contributed by atoms with E-state index in [0.29, 0.717) is 6.04 Å². The molecular formula is C17H27NO. The van der Waals surface area contributed by atoms with Crippen LogP contribution in [0, 0.1) is 5.92 Å². The van der Waals surface area contributed by atoms with Crippen molar-refractivity contribution in [3.63, 3.8) is 0 Å². The molecule has 1 heterocycles. The van der Waals surface area contributed by atoms with Gasteiger partial charge in [0.05, 0.1) is 6.61 Å². The molecule has 1 N–H and O–H groups in total. The van der Waals surface area contributed by atoms with Crippen LogP contribution in [0.15, 0.2) is 18.2 Å². The van der Waals surface area contributed by atoms with Gasteiger partial charge >= 0.3 is 0 Å². The fourth-order valence-electron chi connectivity index (χ4n) is 2.85. The zero-order valence-corrected chi connectivity index (χ0v) is 12.5. The van der Waals surface area contributed by atoms with Crippen molar-refractivity contribution in [2.75, 3.05) is 13.2 Å². The molecule has 0 aliphatic carbocycles. The average molecular weight is 261 g/mol. The van der Waals surface area contributed by atoms with E-state index in [1.165, 1.54) is 24.0 Å². The molecule has 106 valence electrons. The summed E-state index contributed by atoms with van der Waals surface area (Å²) in [5.41, 5.74) is 2.84. The predicted molar refractivity (Wildman–Crippen MR) is 80.9 cm³/mol. The van der Waals surface area contributed by atoms with E-state index in [0.717, 1.165) is 37.7 Å². The maximum atomic E-state index is 5.56. The summed E-state index contributed by atoms with van der Waals surface area (Å²) in [7, 11) is 0. The Morgan fingerprint density at radius 3 is 2.89 bits per heavy atom. The summed E-state index contributed by atoms with van der Waals surface area (Å²) in [5, 5.41) is 3.63. The molecule has 2 unspecified atom stereocenters. The van der Waals surface area contributed by atoms with Crippen molar-refractivity contribution in [2.45, 2.75) is 52.5 Å². The molecule has 0 bridgehead atoms. The van der Waals surface area contributed by atoms with Crippen LogP contribution in [-0.4, -0.2) is 19.2 Å². The lowest BCUT2D eigenvalue weighted by atomic mass is 9.93. The molecule has 2 rings (SSSR count). The van der Waals surface area contributed by atoms with Gasteiger partial charge in [-0.3, -0.25) is 0 Å². The fraction of sp³-hybridized carbons (Fsp3) is 0.647. The van der Waals surface area contributed by atoms with Crippen LogP contribution >= 0.6 is 0 Å². The molecule has 0 amide bonds. The number of nitrogens with one attached hydrogen (secondary N) is 1. The molecule has 1 aromatic carbocycles. The third-order valence-electron chi connectivity index (χ3n) is 4.30. The van der Waals surface area contributed by atoms with Gasteiger partial charge in [0.15, 0.2) is 0 Å². The highest BCUT2D eigenvalue weighted by molar-refractivity contribution is 5.39. The summed E-state index contributed by atoms with van der Waals surface area (Å²) in [6, 6.07) is 7.34. The number of hydrogen-bond donors (Lipinski definition) is 1. The summed E-state index contributed by atoms with van der Waals surface area (Å²) in [4.78, 5) is 0. The first-order valence-electron chi connectivity index (χ1n) is 7.72. The number of ether oxygens (including phenoxy) is 1. The predicted octanol–water partition coefficient (Wildman–Crippen LogP) is 3.58. The van der Waals surface area contributed by atoms with Gasteiger partial charge in [0.2, 0.25) is 0 Å². The Labute approximate surface area is 117 Å². The van der Waals surface area contributed by atoms with Gasteiger partial charge in [0.1, 0.15) is 5.75 Å². The number of hydrogen-bond acceptors (Lipinski definition) is 2. The zero-order valence-electron chi connectivity index (χ0n) is 12.5. The second-order valence-electron chi connectivity index (χ2n) is 5.63. The zero-order chi connectivity index (χ0) is 13.7. The molecule has 1 aliphatic heterocycles. The fourth-order valence-corrected chi connectivity index (χ4v) is 2.85. The molecule has 0 fully saturated rings. The Kier molecular flexibility index (Phi) is 5.26. The van der Waals surface area contributed by atoms with Gasteiger partial charge in [-0.25, -0.2) is 0 Å². The number of rotatable bonds is 7. The minimum atomic E-state index is 0.638. The van der Waals surface area contributed by atoms with Crippen molar-refractivity contribution < 1.29 is 4.74 Å². The summed E-state index contributed by atoms with van der Waals surface area (Å²) < 4.78 is 5.56. The number of benzene rings is 1. The third-order valence-corrected chi connectivity index (χ3v) is 4.30. The third kappa shape index (κ3) is 3.73. The molecule has 0 saturated heterocycles. The molecule has 1 aromatic rings. The van der Waals surface area contributed by atoms with E-state index >= 15 is 0 Å². The van der Waals surface area contributed by atoms with Gasteiger partial charge in [-0.2, -0.15) is 0 Å². The number of fused-ring (bicyclic) bond motifs is 1. The van der Waals surface area contributed by atoms with Crippen LogP contribution in [-0.2, 0) is 12.8 Å². The van der Waals surface area contributed by atoms with Crippen LogP contribution in [0.2, 0.25) is 0 Å². The molecule has 2 atom stereocenters. The Balaban J connectivity index is 1.93. The molecule has 1 aliphatic rings. The molecule has 0 saturated carbocycles. The van der Waals surface area contributed by atoms with Crippen molar-refractivity contribution in [2.24, 2.45) is 5.92 Å². The highest BCUT2D eigenvalue weighted by Gasteiger charge is 2.16. The second-order valence-corrected chi connectivity index (χ2v) is 5.63. The number of aryl methyl sites for hydroxylation is 1. The van der Waals surface area contributed by atoms with Crippen molar-refractivity contribution in [1.29, 1.82) is 0 Å². The maximum Gasteiger partial charge on any atom is 0.122 e. The average Bonchev–Trinajstić information content (AvgIpc) is 2.90. The van der Waals surface area contributed by atoms with Gasteiger partial charge < -0.3 is 10.1 Å². The van der Waals surface area contributed by atoms with Gasteiger partial charge in [-0.15, -0.1) is 0 Å². The first-order chi connectivity index (χ1) is 9.24. The summed E-state index contributed by atoms with van der Waals surface area (Å²) >= 11 is 0. The van der Waals surface area contributed by atoms with Crippen LogP contribution in [0.5, 0.6) is 5.75 Å². The molecule has 0 aromatic heterocycles. The standard InChI is InChI=1S/C17H27NO/c1-4-13(3)16(18-5-2)8-6-14-7-9-17-15(12-14)10-11-19-17/h7,9,12-13,16,18H,4-6,8,10-11H2,1-3H3. The van der Waals surface area contributed by atoms with Crippen LogP contribution in [0.1, 0.15) is 44.7 Å². The van der Waals surface area contributed by atoms with Crippen molar-refractivity contribution in [3.05, 3.63) is 29.3 Å². The lowest BCUT2D eigenvalue weighted by molar-refractivity contribution is 0.354. The van der Waals surface area contributed by atoms with Crippen LogP contribution in [0.25, 0.3) is 0 Å². The SMILES string of the molecule is CCNC(CCc1ccc2c(c1)CCO2)C(C)CC. The topological polar surface area (TPSA) is 21.3 Å². The van der Waals surface area contributed by atoms with Crippen molar-refractivity contribution >= 4 is 0 Å². The second kappa shape index (κ2) is 6.95. The Hall–Kier alpha value is -1.02. The molecular weight excluding hydrogens is 234 g/mol. The lowest BCUT2D eigenvalue weighted by Gasteiger charge is -2.24. The normalized spacial score (nSPS) is 16.8. The highest BCUT2D eigenvalue weighted by Crippen LogP contribution is 2.26. The van der Waals surface area contributed by atoms with Crippen LogP contribution < -0.4 is 10.1 Å². The van der Waals surface area contributed by atoms with E-state index in [2.05, 4.69) is 44.3 Å².